The fraction of sp³-hybridized carbons (Fsp3) is 0.250. The maximum atomic E-state index is 11.4. The van der Waals surface area contributed by atoms with Crippen molar-refractivity contribution in [2.24, 2.45) is 0 Å². The highest BCUT2D eigenvalue weighted by molar-refractivity contribution is 5.83. The predicted molar refractivity (Wildman–Crippen MR) is 112 cm³/mol. The van der Waals surface area contributed by atoms with Crippen LogP contribution in [0.4, 0.5) is 0 Å². The van der Waals surface area contributed by atoms with Crippen LogP contribution in [-0.4, -0.2) is 39.7 Å². The van der Waals surface area contributed by atoms with Crippen molar-refractivity contribution in [2.75, 3.05) is 13.6 Å². The summed E-state index contributed by atoms with van der Waals surface area (Å²) in [5.74, 6) is -1.28. The zero-order valence-corrected chi connectivity index (χ0v) is 16.5. The van der Waals surface area contributed by atoms with Crippen molar-refractivity contribution in [3.63, 3.8) is 0 Å². The summed E-state index contributed by atoms with van der Waals surface area (Å²) in [5, 5.41) is 19.7. The number of aliphatic carboxylic acids is 1. The van der Waals surface area contributed by atoms with Crippen LogP contribution in [0.15, 0.2) is 85.2 Å². The molecule has 1 saturated heterocycles. The van der Waals surface area contributed by atoms with Gasteiger partial charge in [0.25, 0.3) is 0 Å². The maximum absolute atomic E-state index is 11.4. The molecule has 0 aliphatic carbocycles. The summed E-state index contributed by atoms with van der Waals surface area (Å²) >= 11 is 0. The molecule has 2 aromatic carbocycles. The topological polar surface area (TPSA) is 73.7 Å². The highest BCUT2D eigenvalue weighted by Crippen LogP contribution is 2.30. The van der Waals surface area contributed by atoms with Gasteiger partial charge in [-0.1, -0.05) is 66.7 Å². The third-order valence-electron chi connectivity index (χ3n) is 5.28. The van der Waals surface area contributed by atoms with Crippen LogP contribution in [0.1, 0.15) is 35.6 Å². The molecule has 5 heteroatoms. The van der Waals surface area contributed by atoms with E-state index in [1.54, 1.807) is 60.7 Å². The van der Waals surface area contributed by atoms with E-state index in [-0.39, 0.29) is 0 Å². The fourth-order valence-electron chi connectivity index (χ4n) is 3.68. The van der Waals surface area contributed by atoms with Gasteiger partial charge < -0.3 is 10.2 Å². The van der Waals surface area contributed by atoms with Crippen LogP contribution < -0.4 is 0 Å². The van der Waals surface area contributed by atoms with Crippen LogP contribution in [0, 0.1) is 0 Å². The zero-order chi connectivity index (χ0) is 20.7. The Kier molecular flexibility index (Phi) is 6.75. The van der Waals surface area contributed by atoms with Crippen molar-refractivity contribution in [1.29, 1.82) is 0 Å². The van der Waals surface area contributed by atoms with E-state index < -0.39 is 11.6 Å². The molecular weight excluding hydrogens is 364 g/mol. The number of pyridine rings is 1. The average molecular weight is 390 g/mol. The average Bonchev–Trinajstić information content (AvgIpc) is 3.21. The van der Waals surface area contributed by atoms with Gasteiger partial charge in [0.2, 0.25) is 5.60 Å². The van der Waals surface area contributed by atoms with Crippen LogP contribution in [0.2, 0.25) is 0 Å². The van der Waals surface area contributed by atoms with E-state index in [9.17, 15) is 15.0 Å². The van der Waals surface area contributed by atoms with E-state index in [1.807, 2.05) is 18.5 Å². The van der Waals surface area contributed by atoms with Crippen LogP contribution >= 0.6 is 0 Å². The van der Waals surface area contributed by atoms with Gasteiger partial charge in [0.1, 0.15) is 0 Å². The van der Waals surface area contributed by atoms with E-state index in [4.69, 9.17) is 0 Å². The second-order valence-electron chi connectivity index (χ2n) is 7.17. The lowest BCUT2D eigenvalue weighted by Gasteiger charge is -2.24. The number of hydrogen-bond acceptors (Lipinski definition) is 4. The third kappa shape index (κ3) is 4.70. The van der Waals surface area contributed by atoms with E-state index in [2.05, 4.69) is 23.0 Å². The molecule has 1 atom stereocenters. The molecule has 1 fully saturated rings. The molecule has 2 N–H and O–H groups in total. The number of rotatable bonds is 4. The molecule has 0 spiro atoms. The summed E-state index contributed by atoms with van der Waals surface area (Å²) in [4.78, 5) is 17.9. The quantitative estimate of drug-likeness (QED) is 0.708. The minimum atomic E-state index is -2.00. The van der Waals surface area contributed by atoms with Gasteiger partial charge in [-0.3, -0.25) is 9.88 Å². The van der Waals surface area contributed by atoms with Gasteiger partial charge in [0.15, 0.2) is 0 Å². The number of carboxylic acid groups (broad SMARTS) is 1. The number of nitrogens with zero attached hydrogens (tertiary/aromatic N) is 2. The minimum absolute atomic E-state index is 0.346. The first-order valence-corrected chi connectivity index (χ1v) is 9.70. The molecule has 0 amide bonds. The third-order valence-corrected chi connectivity index (χ3v) is 5.28. The molecule has 4 rings (SSSR count). The largest absolute Gasteiger partial charge is 0.479 e. The van der Waals surface area contributed by atoms with Crippen molar-refractivity contribution in [2.45, 2.75) is 24.5 Å². The van der Waals surface area contributed by atoms with Crippen molar-refractivity contribution >= 4 is 5.97 Å². The minimum Gasteiger partial charge on any atom is -0.479 e. The molecule has 29 heavy (non-hydrogen) atoms. The van der Waals surface area contributed by atoms with E-state index >= 15 is 0 Å². The molecule has 5 nitrogen and oxygen atoms in total. The summed E-state index contributed by atoms with van der Waals surface area (Å²) in [6, 6.07) is 21.5. The van der Waals surface area contributed by atoms with Gasteiger partial charge in [0, 0.05) is 18.4 Å². The van der Waals surface area contributed by atoms with Gasteiger partial charge in [-0.05, 0) is 49.2 Å². The molecular formula is C24H26N2O3. The SMILES string of the molecule is CN1CCCC1c1cccnc1.O=C(O)C(O)(c1ccccc1)c1ccccc1. The summed E-state index contributed by atoms with van der Waals surface area (Å²) < 4.78 is 0. The van der Waals surface area contributed by atoms with Crippen molar-refractivity contribution in [1.82, 2.24) is 9.88 Å². The van der Waals surface area contributed by atoms with Gasteiger partial charge in [-0.25, -0.2) is 4.79 Å². The van der Waals surface area contributed by atoms with Gasteiger partial charge >= 0.3 is 5.97 Å². The van der Waals surface area contributed by atoms with Crippen LogP contribution in [-0.2, 0) is 10.4 Å². The lowest BCUT2D eigenvalue weighted by Crippen LogP contribution is -2.36. The second kappa shape index (κ2) is 9.45. The van der Waals surface area contributed by atoms with Crippen LogP contribution in [0.5, 0.6) is 0 Å². The molecule has 2 heterocycles. The molecule has 0 radical (unpaired) electrons. The number of aromatic nitrogens is 1. The standard InChI is InChI=1S/C14H12O3.C10H14N2/c15-13(16)14(17,11-7-3-1-4-8-11)12-9-5-2-6-10-12;1-12-7-3-5-10(12)9-4-2-6-11-8-9/h1-10,17H,(H,15,16);2,4,6,8,10H,3,5,7H2,1H3. The molecule has 1 aliphatic rings. The van der Waals surface area contributed by atoms with E-state index in [1.165, 1.54) is 24.9 Å². The van der Waals surface area contributed by atoms with Crippen molar-refractivity contribution < 1.29 is 15.0 Å². The first-order chi connectivity index (χ1) is 14.0. The molecule has 1 unspecified atom stereocenters. The first kappa shape index (κ1) is 20.7. The van der Waals surface area contributed by atoms with Crippen LogP contribution in [0.3, 0.4) is 0 Å². The highest BCUT2D eigenvalue weighted by Gasteiger charge is 2.39. The maximum Gasteiger partial charge on any atom is 0.345 e. The predicted octanol–water partition coefficient (Wildman–Crippen LogP) is 3.86. The van der Waals surface area contributed by atoms with Crippen molar-refractivity contribution in [3.8, 4) is 0 Å². The summed E-state index contributed by atoms with van der Waals surface area (Å²) in [5.41, 5.74) is 0.0533. The Morgan fingerprint density at radius 1 is 1.00 bits per heavy atom. The fourth-order valence-corrected chi connectivity index (χ4v) is 3.68. The van der Waals surface area contributed by atoms with Gasteiger partial charge in [-0.2, -0.15) is 0 Å². The van der Waals surface area contributed by atoms with Gasteiger partial charge in [0.05, 0.1) is 0 Å². The number of benzene rings is 2. The molecule has 0 saturated carbocycles. The molecule has 1 aliphatic heterocycles. The van der Waals surface area contributed by atoms with Gasteiger partial charge in [-0.15, -0.1) is 0 Å². The zero-order valence-electron chi connectivity index (χ0n) is 16.5. The Balaban J connectivity index is 0.000000176. The highest BCUT2D eigenvalue weighted by atomic mass is 16.4. The molecule has 150 valence electrons. The number of likely N-dealkylation sites (tertiary alicyclic amines) is 1. The Bertz CT molecular complexity index is 862. The summed E-state index contributed by atoms with van der Waals surface area (Å²) in [6.07, 6.45) is 6.41. The smallest absolute Gasteiger partial charge is 0.345 e. The second-order valence-corrected chi connectivity index (χ2v) is 7.17. The Morgan fingerprint density at radius 2 is 1.59 bits per heavy atom. The van der Waals surface area contributed by atoms with E-state index in [0.717, 1.165) is 0 Å². The number of carboxylic acids is 1. The number of carbonyl (C=O) groups is 1. The Morgan fingerprint density at radius 3 is 2.00 bits per heavy atom. The lowest BCUT2D eigenvalue weighted by molar-refractivity contribution is -0.155. The number of aliphatic hydroxyl groups is 1. The monoisotopic (exact) mass is 390 g/mol. The Labute approximate surface area is 171 Å². The van der Waals surface area contributed by atoms with Crippen LogP contribution in [0.25, 0.3) is 0 Å². The normalized spacial score (nSPS) is 16.7. The van der Waals surface area contributed by atoms with Crippen molar-refractivity contribution in [3.05, 3.63) is 102 Å². The molecule has 3 aromatic rings. The number of hydrogen-bond donors (Lipinski definition) is 2. The molecule has 1 aromatic heterocycles. The summed E-state index contributed by atoms with van der Waals surface area (Å²) in [7, 11) is 2.19. The molecule has 0 bridgehead atoms. The van der Waals surface area contributed by atoms with E-state index in [0.29, 0.717) is 17.2 Å². The first-order valence-electron chi connectivity index (χ1n) is 9.70. The Hall–Kier alpha value is -3.02. The summed E-state index contributed by atoms with van der Waals surface area (Å²) in [6.45, 7) is 1.22. The lowest BCUT2D eigenvalue weighted by atomic mass is 9.86.